The first-order valence-electron chi connectivity index (χ1n) is 34.4. The van der Waals surface area contributed by atoms with E-state index in [4.69, 9.17) is 9.47 Å². The maximum absolute atomic E-state index is 12.4. The molecule has 1 unspecified atom stereocenters. The Hall–Kier alpha value is -4.22. The molecule has 5 heteroatoms. The monoisotopic (exact) mass is 1130 g/mol. The van der Waals surface area contributed by atoms with Crippen LogP contribution in [0, 0.1) is 0 Å². The second kappa shape index (κ2) is 71.0. The zero-order valence-electron chi connectivity index (χ0n) is 53.5. The van der Waals surface area contributed by atoms with Crippen molar-refractivity contribution in [2.75, 3.05) is 13.2 Å². The van der Waals surface area contributed by atoms with Crippen molar-refractivity contribution < 1.29 is 24.2 Å². The van der Waals surface area contributed by atoms with Crippen LogP contribution < -0.4 is 0 Å². The molecular formula is C77H128O5. The summed E-state index contributed by atoms with van der Waals surface area (Å²) in [6, 6.07) is 0. The van der Waals surface area contributed by atoms with Gasteiger partial charge in [0, 0.05) is 12.8 Å². The van der Waals surface area contributed by atoms with Crippen molar-refractivity contribution in [2.24, 2.45) is 0 Å². The SMILES string of the molecule is CC/C=C\C/C=C\C/C=C\C/C=C\C/C=C\C/C=C\C/C=C\CCCCCCCCCCCCCCCCCCCC(=O)OC(CO)COC(=O)CCCCCCCCCCCCCCC/C=C\C/C=C\C/C=C\C/C=C\C/C=C\CC. The van der Waals surface area contributed by atoms with Crippen molar-refractivity contribution in [2.45, 2.75) is 315 Å². The first kappa shape index (κ1) is 77.8. The van der Waals surface area contributed by atoms with Gasteiger partial charge >= 0.3 is 11.9 Å². The Labute approximate surface area is 508 Å². The molecule has 0 aliphatic heterocycles. The molecule has 0 aromatic rings. The first-order valence-corrected chi connectivity index (χ1v) is 34.4. The lowest BCUT2D eigenvalue weighted by Gasteiger charge is -2.15. The second-order valence-electron chi connectivity index (χ2n) is 22.5. The molecule has 0 bridgehead atoms. The molecule has 0 saturated carbocycles. The van der Waals surface area contributed by atoms with Gasteiger partial charge in [-0.05, 0) is 116 Å². The van der Waals surface area contributed by atoms with E-state index in [-0.39, 0.29) is 25.2 Å². The number of carbonyl (C=O) groups is 2. The van der Waals surface area contributed by atoms with Crippen LogP contribution in [0.2, 0.25) is 0 Å². The maximum atomic E-state index is 12.4. The number of aliphatic hydroxyl groups excluding tert-OH is 1. The summed E-state index contributed by atoms with van der Waals surface area (Å²) >= 11 is 0. The summed E-state index contributed by atoms with van der Waals surface area (Å²) in [4.78, 5) is 24.7. The van der Waals surface area contributed by atoms with Gasteiger partial charge in [0.15, 0.2) is 6.10 Å². The third kappa shape index (κ3) is 68.3. The number of hydrogen-bond donors (Lipinski definition) is 1. The van der Waals surface area contributed by atoms with Crippen LogP contribution in [0.25, 0.3) is 0 Å². The van der Waals surface area contributed by atoms with Crippen molar-refractivity contribution in [1.82, 2.24) is 0 Å². The predicted molar refractivity (Wildman–Crippen MR) is 361 cm³/mol. The minimum absolute atomic E-state index is 0.0705. The summed E-state index contributed by atoms with van der Waals surface area (Å²) in [7, 11) is 0. The number of ether oxygens (including phenoxy) is 2. The van der Waals surface area contributed by atoms with Gasteiger partial charge in [0.2, 0.25) is 0 Å². The average molecular weight is 1130 g/mol. The molecule has 5 nitrogen and oxygen atoms in total. The molecule has 0 aliphatic rings. The van der Waals surface area contributed by atoms with E-state index in [1.807, 2.05) is 0 Å². The lowest BCUT2D eigenvalue weighted by molar-refractivity contribution is -0.161. The topological polar surface area (TPSA) is 72.8 Å². The zero-order valence-corrected chi connectivity index (χ0v) is 53.5. The van der Waals surface area contributed by atoms with Gasteiger partial charge in [0.25, 0.3) is 0 Å². The van der Waals surface area contributed by atoms with Crippen molar-refractivity contribution in [3.05, 3.63) is 146 Å². The van der Waals surface area contributed by atoms with E-state index in [0.717, 1.165) is 116 Å². The van der Waals surface area contributed by atoms with Crippen molar-refractivity contribution in [1.29, 1.82) is 0 Å². The van der Waals surface area contributed by atoms with Gasteiger partial charge in [-0.15, -0.1) is 0 Å². The average Bonchev–Trinajstić information content (AvgIpc) is 3.49. The molecule has 82 heavy (non-hydrogen) atoms. The van der Waals surface area contributed by atoms with Gasteiger partial charge in [0.1, 0.15) is 6.61 Å². The molecule has 0 spiro atoms. The quantitative estimate of drug-likeness (QED) is 0.0373. The predicted octanol–water partition coefficient (Wildman–Crippen LogP) is 24.1. The largest absolute Gasteiger partial charge is 0.462 e. The Morgan fingerprint density at radius 2 is 0.488 bits per heavy atom. The Kier molecular flexibility index (Phi) is 67.4. The van der Waals surface area contributed by atoms with Crippen LogP contribution in [0.5, 0.6) is 0 Å². The molecule has 0 aromatic heterocycles. The van der Waals surface area contributed by atoms with Crippen molar-refractivity contribution >= 4 is 11.9 Å². The molecule has 1 N–H and O–H groups in total. The van der Waals surface area contributed by atoms with Crippen LogP contribution >= 0.6 is 0 Å². The Morgan fingerprint density at radius 3 is 0.732 bits per heavy atom. The van der Waals surface area contributed by atoms with E-state index in [2.05, 4.69) is 160 Å². The van der Waals surface area contributed by atoms with Crippen LogP contribution in [0.15, 0.2) is 146 Å². The van der Waals surface area contributed by atoms with Gasteiger partial charge in [0.05, 0.1) is 6.61 Å². The fraction of sp³-hybridized carbons (Fsp3) is 0.662. The van der Waals surface area contributed by atoms with E-state index in [1.54, 1.807) is 0 Å². The third-order valence-corrected chi connectivity index (χ3v) is 14.6. The summed E-state index contributed by atoms with van der Waals surface area (Å²) in [6.07, 6.45) is 107. The summed E-state index contributed by atoms with van der Waals surface area (Å²) < 4.78 is 10.8. The highest BCUT2D eigenvalue weighted by Crippen LogP contribution is 2.17. The van der Waals surface area contributed by atoms with Gasteiger partial charge in [-0.3, -0.25) is 9.59 Å². The normalized spacial score (nSPS) is 13.2. The molecule has 1 atom stereocenters. The summed E-state index contributed by atoms with van der Waals surface area (Å²) in [6.45, 7) is 3.93. The van der Waals surface area contributed by atoms with Crippen LogP contribution in [0.3, 0.4) is 0 Å². The number of unbranched alkanes of at least 4 members (excludes halogenated alkanes) is 30. The lowest BCUT2D eigenvalue weighted by Crippen LogP contribution is -2.28. The van der Waals surface area contributed by atoms with E-state index in [0.29, 0.717) is 12.8 Å². The second-order valence-corrected chi connectivity index (χ2v) is 22.5. The highest BCUT2D eigenvalue weighted by Gasteiger charge is 2.16. The Balaban J connectivity index is 3.49. The fourth-order valence-electron chi connectivity index (χ4n) is 9.57. The van der Waals surface area contributed by atoms with Crippen LogP contribution in [0.4, 0.5) is 0 Å². The number of aliphatic hydroxyl groups is 1. The zero-order chi connectivity index (χ0) is 59.1. The van der Waals surface area contributed by atoms with Gasteiger partial charge in [-0.1, -0.05) is 327 Å². The number of rotatable bonds is 62. The smallest absolute Gasteiger partial charge is 0.306 e. The van der Waals surface area contributed by atoms with Crippen molar-refractivity contribution in [3.8, 4) is 0 Å². The number of allylic oxidation sites excluding steroid dienone is 24. The third-order valence-electron chi connectivity index (χ3n) is 14.6. The molecular weight excluding hydrogens is 1000 g/mol. The number of esters is 2. The minimum Gasteiger partial charge on any atom is -0.462 e. The van der Waals surface area contributed by atoms with E-state index >= 15 is 0 Å². The van der Waals surface area contributed by atoms with Crippen molar-refractivity contribution in [3.63, 3.8) is 0 Å². The lowest BCUT2D eigenvalue weighted by atomic mass is 10.0. The summed E-state index contributed by atoms with van der Waals surface area (Å²) in [5.74, 6) is -0.588. The molecule has 0 rings (SSSR count). The molecule has 0 aliphatic carbocycles. The molecule has 0 radical (unpaired) electrons. The molecule has 0 heterocycles. The number of hydrogen-bond acceptors (Lipinski definition) is 5. The summed E-state index contributed by atoms with van der Waals surface area (Å²) in [5.41, 5.74) is 0. The fourth-order valence-corrected chi connectivity index (χ4v) is 9.57. The van der Waals surface area contributed by atoms with Crippen LogP contribution in [-0.4, -0.2) is 36.4 Å². The van der Waals surface area contributed by atoms with Gasteiger partial charge in [-0.25, -0.2) is 0 Å². The van der Waals surface area contributed by atoms with E-state index in [1.165, 1.54) is 167 Å². The molecule has 466 valence electrons. The first-order chi connectivity index (χ1) is 40.6. The number of carbonyl (C=O) groups excluding carboxylic acids is 2. The Bertz CT molecular complexity index is 1710. The van der Waals surface area contributed by atoms with E-state index < -0.39 is 6.10 Å². The molecule has 0 aromatic carbocycles. The molecule has 0 fully saturated rings. The maximum Gasteiger partial charge on any atom is 0.306 e. The van der Waals surface area contributed by atoms with Gasteiger partial charge in [-0.2, -0.15) is 0 Å². The van der Waals surface area contributed by atoms with Crippen LogP contribution in [-0.2, 0) is 19.1 Å². The highest BCUT2D eigenvalue weighted by molar-refractivity contribution is 5.70. The minimum atomic E-state index is -0.781. The van der Waals surface area contributed by atoms with Crippen LogP contribution in [0.1, 0.15) is 309 Å². The molecule has 0 saturated heterocycles. The van der Waals surface area contributed by atoms with E-state index in [9.17, 15) is 14.7 Å². The standard InChI is InChI=1S/C77H128O5/c1-3-5-7-9-11-13-15-17-19-21-23-25-27-29-31-33-34-35-36-37-38-39-40-41-42-44-46-48-50-52-54-56-58-60-62-64-66-68-70-72-77(80)82-75(73-78)74-81-76(79)71-69-67-65-63-61-59-57-55-53-51-49-47-45-43-32-30-28-26-24-22-20-18-16-14-12-10-8-6-4-2/h5-8,11-14,17-20,23-26,29-32,34-35,37-38,75,78H,3-4,9-10,15-16,21-22,27-28,33,36,39-74H2,1-2H3/b7-5-,8-6-,13-11-,14-12-,19-17-,20-18-,25-23-,26-24-,31-29-,32-30-,35-34-,38-37-. The Morgan fingerprint density at radius 1 is 0.280 bits per heavy atom. The molecule has 0 amide bonds. The summed E-state index contributed by atoms with van der Waals surface area (Å²) in [5, 5.41) is 9.70. The highest BCUT2D eigenvalue weighted by atomic mass is 16.6. The van der Waals surface area contributed by atoms with Gasteiger partial charge < -0.3 is 14.6 Å².